The molecular weight excluding hydrogens is 224 g/mol. The first-order valence-corrected chi connectivity index (χ1v) is 7.53. The number of hydrogen-bond donors (Lipinski definition) is 0. The van der Waals surface area contributed by atoms with Gasteiger partial charge in [0, 0.05) is 0 Å². The van der Waals surface area contributed by atoms with Crippen molar-refractivity contribution >= 4 is 5.97 Å². The van der Waals surface area contributed by atoms with Crippen molar-refractivity contribution in [2.24, 2.45) is 10.8 Å². The van der Waals surface area contributed by atoms with Crippen molar-refractivity contribution in [2.75, 3.05) is 6.61 Å². The van der Waals surface area contributed by atoms with Gasteiger partial charge in [0.15, 0.2) is 0 Å². The standard InChI is InChI=1S/C16H32O2/c1-7-10-12-16(9-3,15(4,5)6)14(17)18-13-11-8-2/h7-13H2,1-6H3. The van der Waals surface area contributed by atoms with E-state index in [4.69, 9.17) is 4.74 Å². The molecule has 108 valence electrons. The molecule has 18 heavy (non-hydrogen) atoms. The Hall–Kier alpha value is -0.530. The van der Waals surface area contributed by atoms with Gasteiger partial charge in [-0.25, -0.2) is 0 Å². The largest absolute Gasteiger partial charge is 0.465 e. The van der Waals surface area contributed by atoms with Crippen LogP contribution >= 0.6 is 0 Å². The molecule has 0 radical (unpaired) electrons. The maximum Gasteiger partial charge on any atom is 0.312 e. The highest BCUT2D eigenvalue weighted by Gasteiger charge is 2.47. The Balaban J connectivity index is 4.88. The minimum absolute atomic E-state index is 0.0133. The van der Waals surface area contributed by atoms with Crippen LogP contribution in [0, 0.1) is 10.8 Å². The normalized spacial score (nSPS) is 15.2. The molecule has 0 N–H and O–H groups in total. The lowest BCUT2D eigenvalue weighted by atomic mass is 9.62. The summed E-state index contributed by atoms with van der Waals surface area (Å²) in [5.74, 6) is 0.0133. The Morgan fingerprint density at radius 1 is 1.00 bits per heavy atom. The average Bonchev–Trinajstić information content (AvgIpc) is 2.29. The summed E-state index contributed by atoms with van der Waals surface area (Å²) >= 11 is 0. The zero-order valence-electron chi connectivity index (χ0n) is 13.3. The molecule has 0 bridgehead atoms. The number of ether oxygens (including phenoxy) is 1. The van der Waals surface area contributed by atoms with E-state index in [2.05, 4.69) is 41.5 Å². The topological polar surface area (TPSA) is 26.3 Å². The summed E-state index contributed by atoms with van der Waals surface area (Å²) in [7, 11) is 0. The lowest BCUT2D eigenvalue weighted by molar-refractivity contribution is -0.165. The summed E-state index contributed by atoms with van der Waals surface area (Å²) in [5.41, 5.74) is -0.364. The Bertz CT molecular complexity index is 240. The van der Waals surface area contributed by atoms with Crippen molar-refractivity contribution in [2.45, 2.75) is 80.1 Å². The van der Waals surface area contributed by atoms with Gasteiger partial charge in [0.05, 0.1) is 12.0 Å². The molecular formula is C16H32O2. The van der Waals surface area contributed by atoms with Gasteiger partial charge in [-0.05, 0) is 24.7 Å². The van der Waals surface area contributed by atoms with Crippen LogP contribution in [0.3, 0.4) is 0 Å². The zero-order valence-corrected chi connectivity index (χ0v) is 13.3. The molecule has 0 amide bonds. The summed E-state index contributed by atoms with van der Waals surface area (Å²) in [4.78, 5) is 12.5. The SMILES string of the molecule is CCCCOC(=O)C(CC)(CCCC)C(C)(C)C. The molecule has 1 atom stereocenters. The van der Waals surface area contributed by atoms with E-state index in [1.807, 2.05) is 0 Å². The fourth-order valence-electron chi connectivity index (χ4n) is 2.56. The molecule has 0 fully saturated rings. The van der Waals surface area contributed by atoms with E-state index in [0.29, 0.717) is 6.61 Å². The number of hydrogen-bond acceptors (Lipinski definition) is 2. The fraction of sp³-hybridized carbons (Fsp3) is 0.938. The van der Waals surface area contributed by atoms with Gasteiger partial charge in [-0.3, -0.25) is 4.79 Å². The van der Waals surface area contributed by atoms with Gasteiger partial charge in [0.1, 0.15) is 0 Å². The van der Waals surface area contributed by atoms with Crippen molar-refractivity contribution < 1.29 is 9.53 Å². The molecule has 1 unspecified atom stereocenters. The molecule has 2 nitrogen and oxygen atoms in total. The summed E-state index contributed by atoms with van der Waals surface area (Å²) < 4.78 is 5.52. The van der Waals surface area contributed by atoms with Gasteiger partial charge < -0.3 is 4.74 Å². The monoisotopic (exact) mass is 256 g/mol. The molecule has 0 aromatic rings. The van der Waals surface area contributed by atoms with Crippen LogP contribution in [0.5, 0.6) is 0 Å². The van der Waals surface area contributed by atoms with E-state index in [1.54, 1.807) is 0 Å². The second-order valence-electron chi connectivity index (χ2n) is 6.28. The van der Waals surface area contributed by atoms with Crippen LogP contribution in [0.25, 0.3) is 0 Å². The predicted molar refractivity (Wildman–Crippen MR) is 77.6 cm³/mol. The van der Waals surface area contributed by atoms with E-state index in [1.165, 1.54) is 0 Å². The number of rotatable bonds is 8. The van der Waals surface area contributed by atoms with Gasteiger partial charge >= 0.3 is 5.97 Å². The van der Waals surface area contributed by atoms with E-state index in [9.17, 15) is 4.79 Å². The third-order valence-corrected chi connectivity index (χ3v) is 4.12. The summed E-state index contributed by atoms with van der Waals surface area (Å²) in [6.45, 7) is 13.4. The van der Waals surface area contributed by atoms with Crippen LogP contribution in [0.2, 0.25) is 0 Å². The first kappa shape index (κ1) is 17.5. The van der Waals surface area contributed by atoms with Crippen molar-refractivity contribution in [3.8, 4) is 0 Å². The molecule has 0 saturated heterocycles. The number of unbranched alkanes of at least 4 members (excludes halogenated alkanes) is 2. The molecule has 0 aliphatic heterocycles. The van der Waals surface area contributed by atoms with Crippen LogP contribution in [-0.4, -0.2) is 12.6 Å². The molecule has 2 heteroatoms. The quantitative estimate of drug-likeness (QED) is 0.453. The molecule has 0 aromatic carbocycles. The Morgan fingerprint density at radius 3 is 1.94 bits per heavy atom. The lowest BCUT2D eigenvalue weighted by Crippen LogP contribution is -2.44. The molecule has 0 aromatic heterocycles. The maximum absolute atomic E-state index is 12.5. The second kappa shape index (κ2) is 7.81. The average molecular weight is 256 g/mol. The van der Waals surface area contributed by atoms with E-state index in [0.717, 1.165) is 38.5 Å². The first-order chi connectivity index (χ1) is 8.35. The van der Waals surface area contributed by atoms with Crippen LogP contribution in [0.1, 0.15) is 80.1 Å². The van der Waals surface area contributed by atoms with Crippen LogP contribution in [0.15, 0.2) is 0 Å². The molecule has 0 spiro atoms. The molecule has 0 heterocycles. The molecule has 0 saturated carbocycles. The van der Waals surface area contributed by atoms with Crippen molar-refractivity contribution in [3.63, 3.8) is 0 Å². The van der Waals surface area contributed by atoms with Gasteiger partial charge in [-0.15, -0.1) is 0 Å². The maximum atomic E-state index is 12.5. The highest BCUT2D eigenvalue weighted by molar-refractivity contribution is 5.77. The summed E-state index contributed by atoms with van der Waals surface area (Å²) in [6, 6.07) is 0. The summed E-state index contributed by atoms with van der Waals surface area (Å²) in [6.07, 6.45) is 6.05. The molecule has 0 aliphatic rings. The zero-order chi connectivity index (χ0) is 14.2. The highest BCUT2D eigenvalue weighted by Crippen LogP contribution is 2.46. The Kier molecular flexibility index (Phi) is 7.58. The van der Waals surface area contributed by atoms with Crippen LogP contribution < -0.4 is 0 Å². The Labute approximate surface area is 113 Å². The second-order valence-corrected chi connectivity index (χ2v) is 6.28. The highest BCUT2D eigenvalue weighted by atomic mass is 16.5. The van der Waals surface area contributed by atoms with E-state index in [-0.39, 0.29) is 16.8 Å². The number of carbonyl (C=O) groups is 1. The first-order valence-electron chi connectivity index (χ1n) is 7.53. The van der Waals surface area contributed by atoms with Gasteiger partial charge in [0.2, 0.25) is 0 Å². The Morgan fingerprint density at radius 2 is 1.56 bits per heavy atom. The van der Waals surface area contributed by atoms with Gasteiger partial charge in [-0.2, -0.15) is 0 Å². The third-order valence-electron chi connectivity index (χ3n) is 4.12. The van der Waals surface area contributed by atoms with E-state index >= 15 is 0 Å². The predicted octanol–water partition coefficient (Wildman–Crippen LogP) is 4.96. The van der Waals surface area contributed by atoms with Crippen molar-refractivity contribution in [1.82, 2.24) is 0 Å². The lowest BCUT2D eigenvalue weighted by Gasteiger charge is -2.42. The van der Waals surface area contributed by atoms with Crippen molar-refractivity contribution in [3.05, 3.63) is 0 Å². The fourth-order valence-corrected chi connectivity index (χ4v) is 2.56. The smallest absolute Gasteiger partial charge is 0.312 e. The van der Waals surface area contributed by atoms with Gasteiger partial charge in [-0.1, -0.05) is 60.8 Å². The van der Waals surface area contributed by atoms with Gasteiger partial charge in [0.25, 0.3) is 0 Å². The summed E-state index contributed by atoms with van der Waals surface area (Å²) in [5, 5.41) is 0. The third kappa shape index (κ3) is 4.29. The van der Waals surface area contributed by atoms with Crippen molar-refractivity contribution in [1.29, 1.82) is 0 Å². The van der Waals surface area contributed by atoms with Crippen LogP contribution in [-0.2, 0) is 9.53 Å². The van der Waals surface area contributed by atoms with Crippen LogP contribution in [0.4, 0.5) is 0 Å². The number of carbonyl (C=O) groups excluding carboxylic acids is 1. The molecule has 0 aliphatic carbocycles. The molecule has 0 rings (SSSR count). The number of esters is 1. The minimum Gasteiger partial charge on any atom is -0.465 e. The van der Waals surface area contributed by atoms with E-state index < -0.39 is 0 Å². The minimum atomic E-state index is -0.323.